The van der Waals surface area contributed by atoms with E-state index < -0.39 is 224 Å². The van der Waals surface area contributed by atoms with Gasteiger partial charge in [-0.05, 0) is 12.5 Å². The van der Waals surface area contributed by atoms with Gasteiger partial charge in [-0.1, -0.05) is 6.92 Å². The molecule has 0 aromatic rings. The van der Waals surface area contributed by atoms with Crippen LogP contribution < -0.4 is 0 Å². The highest BCUT2D eigenvalue weighted by Gasteiger charge is 2.59. The standard InChI is InChI=1S/C40H66O30S/c1-2-3-16(71)64-34-27(57)40-63-15(9-46)33(34)70-39-26(56)21(51)31(13(7-44)62-39)68-37-24(54)19(49)29(11(5-42)60-37)66-35-22(52)17(47)28(10(4-41)58-35)65-36-23(53)18(48)30(12(6-43)59-36)67-38-25(55)20(50)32(69-40)14(8-45)61-38/h3,10-15,17-57,71H,2,4-9H2,1H3/b16-3+/t10-,11-,12-,13-,14-,15-,17-,18-,19-,20-,21-,22-,23-,24-,25-,26-,27-,28-,29-,30-,31-,32-,33+,34-,35-,36-,37-,38-,39-,40-/m1/s1. The van der Waals surface area contributed by atoms with Crippen molar-refractivity contribution in [1.29, 1.82) is 0 Å². The van der Waals surface area contributed by atoms with Crippen LogP contribution in [0.25, 0.3) is 0 Å². The summed E-state index contributed by atoms with van der Waals surface area (Å²) in [6.07, 6.45) is -55.8. The Bertz CT molecular complexity index is 1680. The summed E-state index contributed by atoms with van der Waals surface area (Å²) < 4.78 is 75.3. The number of aliphatic hydroxyl groups is 17. The van der Waals surface area contributed by atoms with Gasteiger partial charge in [0.15, 0.2) is 43.8 Å². The average Bonchev–Trinajstić information content (AvgIpc) is 3.36. The summed E-state index contributed by atoms with van der Waals surface area (Å²) in [5.74, 6) is 0. The second-order valence-corrected chi connectivity index (χ2v) is 18.3. The fourth-order valence-electron chi connectivity index (χ4n) is 9.41. The van der Waals surface area contributed by atoms with Crippen molar-refractivity contribution in [1.82, 2.24) is 0 Å². The topological polar surface area (TPSA) is 464 Å². The van der Waals surface area contributed by atoms with E-state index in [4.69, 9.17) is 61.6 Å². The number of thiol groups is 1. The molecule has 0 saturated carbocycles. The molecule has 12 bridgehead atoms. The van der Waals surface area contributed by atoms with Crippen molar-refractivity contribution in [2.75, 3.05) is 39.6 Å². The molecule has 0 spiro atoms. The van der Waals surface area contributed by atoms with E-state index in [1.165, 1.54) is 6.08 Å². The van der Waals surface area contributed by atoms with Crippen molar-refractivity contribution in [3.8, 4) is 0 Å². The number of ether oxygens (including phenoxy) is 13. The maximum absolute atomic E-state index is 11.8. The predicted molar refractivity (Wildman–Crippen MR) is 222 cm³/mol. The number of hydrogen-bond acceptors (Lipinski definition) is 31. The zero-order valence-electron chi connectivity index (χ0n) is 37.7. The molecule has 22 rings (SSSR count). The molecule has 22 saturated heterocycles. The maximum Gasteiger partial charge on any atom is 0.188 e. The van der Waals surface area contributed by atoms with E-state index >= 15 is 0 Å². The molecule has 71 heavy (non-hydrogen) atoms. The molecule has 0 aromatic carbocycles. The third-order valence-electron chi connectivity index (χ3n) is 13.3. The zero-order valence-corrected chi connectivity index (χ0v) is 38.6. The van der Waals surface area contributed by atoms with Gasteiger partial charge in [0.2, 0.25) is 0 Å². The van der Waals surface area contributed by atoms with Crippen molar-refractivity contribution in [3.05, 3.63) is 11.2 Å². The Kier molecular flexibility index (Phi) is 20.1. The Labute approximate surface area is 408 Å². The lowest BCUT2D eigenvalue weighted by atomic mass is 9.94. The maximum atomic E-state index is 11.8. The molecule has 0 radical (unpaired) electrons. The lowest BCUT2D eigenvalue weighted by molar-refractivity contribution is -0.404. The second kappa shape index (κ2) is 24.8. The summed E-state index contributed by atoms with van der Waals surface area (Å²) in [5, 5.41) is 187. The zero-order chi connectivity index (χ0) is 51.7. The first-order valence-corrected chi connectivity index (χ1v) is 23.4. The molecule has 30 nitrogen and oxygen atoms in total. The highest BCUT2D eigenvalue weighted by molar-refractivity contribution is 7.84. The van der Waals surface area contributed by atoms with Crippen molar-refractivity contribution in [2.24, 2.45) is 0 Å². The van der Waals surface area contributed by atoms with Crippen molar-refractivity contribution < 1.29 is 148 Å². The van der Waals surface area contributed by atoms with Gasteiger partial charge >= 0.3 is 0 Å². The Morgan fingerprint density at radius 1 is 0.338 bits per heavy atom. The van der Waals surface area contributed by atoms with Crippen LogP contribution in [0.1, 0.15) is 13.3 Å². The predicted octanol–water partition coefficient (Wildman–Crippen LogP) is -10.8. The molecule has 0 aliphatic carbocycles. The molecule has 30 atom stereocenters. The Balaban J connectivity index is 1.23. The molecule has 22 heterocycles. The molecular formula is C40H66O30S. The third-order valence-corrected chi connectivity index (χ3v) is 13.6. The molecule has 22 aliphatic rings. The SMILES string of the molecule is CC/C=C(/S)O[C@@H]1[C@@H](O)[C@H]2O[C@H]3[C@H](O)[C@@H](O)[C@@H](O[C@H]4[C@H](O)[C@@H](O)[C@@H](O[C@H]5[C@H](O)[C@@H](O)[C@@H](O[C@H]6[C@H](O)[C@@H](O)[C@@H](O[C@H]7[C@H](O)[C@@H](O)[C@@H](O[C@H]1[C@@H](CO)O2)O[C@@H]7CO)O[C@@H]6CO)O[C@@H]5CO)O[C@@H]4CO)O[C@@H]3CO. The summed E-state index contributed by atoms with van der Waals surface area (Å²) in [5.41, 5.74) is 0. The summed E-state index contributed by atoms with van der Waals surface area (Å²) in [7, 11) is 0. The number of allylic oxidation sites excluding steroid dienone is 1. The fraction of sp³-hybridized carbons (Fsp3) is 0.950. The molecule has 17 N–H and O–H groups in total. The third kappa shape index (κ3) is 11.7. The van der Waals surface area contributed by atoms with Gasteiger partial charge in [-0.2, -0.15) is 0 Å². The van der Waals surface area contributed by atoms with Crippen LogP contribution in [0.2, 0.25) is 0 Å². The van der Waals surface area contributed by atoms with Crippen LogP contribution in [-0.4, -0.2) is 311 Å². The van der Waals surface area contributed by atoms with Crippen molar-refractivity contribution >= 4 is 12.6 Å². The first-order chi connectivity index (χ1) is 33.9. The van der Waals surface area contributed by atoms with E-state index in [2.05, 4.69) is 12.6 Å². The molecule has 0 amide bonds. The van der Waals surface area contributed by atoms with E-state index in [-0.39, 0.29) is 5.09 Å². The van der Waals surface area contributed by atoms with Crippen LogP contribution in [0.4, 0.5) is 0 Å². The highest BCUT2D eigenvalue weighted by atomic mass is 32.1. The van der Waals surface area contributed by atoms with E-state index in [9.17, 15) is 86.8 Å². The first-order valence-electron chi connectivity index (χ1n) is 22.9. The summed E-state index contributed by atoms with van der Waals surface area (Å²) >= 11 is 4.30. The Morgan fingerprint density at radius 2 is 0.549 bits per heavy atom. The number of aliphatic hydroxyl groups excluding tert-OH is 17. The van der Waals surface area contributed by atoms with Crippen molar-refractivity contribution in [2.45, 2.75) is 198 Å². The molecular weight excluding hydrogens is 992 g/mol. The van der Waals surface area contributed by atoms with Crippen LogP contribution >= 0.6 is 12.6 Å². The van der Waals surface area contributed by atoms with Gasteiger partial charge < -0.3 is 148 Å². The van der Waals surface area contributed by atoms with Gasteiger partial charge in [-0.3, -0.25) is 0 Å². The van der Waals surface area contributed by atoms with E-state index in [1.807, 2.05) is 0 Å². The van der Waals surface area contributed by atoms with E-state index in [0.717, 1.165) is 0 Å². The minimum Gasteiger partial charge on any atom is -0.479 e. The molecule has 22 fully saturated rings. The first kappa shape index (κ1) is 57.4. The molecule has 22 aliphatic heterocycles. The molecule has 0 aromatic heterocycles. The summed E-state index contributed by atoms with van der Waals surface area (Å²) in [6.45, 7) is -4.20. The summed E-state index contributed by atoms with van der Waals surface area (Å²) in [4.78, 5) is 0. The van der Waals surface area contributed by atoms with Crippen LogP contribution in [0.5, 0.6) is 0 Å². The van der Waals surface area contributed by atoms with Crippen LogP contribution in [0, 0.1) is 0 Å². The largest absolute Gasteiger partial charge is 0.479 e. The quantitative estimate of drug-likeness (QED) is 0.0753. The monoisotopic (exact) mass is 1060 g/mol. The van der Waals surface area contributed by atoms with Crippen LogP contribution in [-0.2, 0) is 61.6 Å². The van der Waals surface area contributed by atoms with Gasteiger partial charge in [0.1, 0.15) is 145 Å². The highest BCUT2D eigenvalue weighted by Crippen LogP contribution is 2.39. The molecule has 0 unspecified atom stereocenters. The lowest BCUT2D eigenvalue weighted by Crippen LogP contribution is -2.69. The van der Waals surface area contributed by atoms with Crippen LogP contribution in [0.15, 0.2) is 11.2 Å². The lowest BCUT2D eigenvalue weighted by Gasteiger charge is -2.51. The minimum atomic E-state index is -2.15. The van der Waals surface area contributed by atoms with Gasteiger partial charge in [-0.25, -0.2) is 0 Å². The smallest absolute Gasteiger partial charge is 0.188 e. The molecule has 412 valence electrons. The van der Waals surface area contributed by atoms with Gasteiger partial charge in [-0.15, -0.1) is 12.6 Å². The average molecular weight is 1060 g/mol. The van der Waals surface area contributed by atoms with Gasteiger partial charge in [0.25, 0.3) is 0 Å². The minimum absolute atomic E-state index is 0.112. The molecule has 31 heteroatoms. The summed E-state index contributed by atoms with van der Waals surface area (Å²) in [6, 6.07) is 0. The Hall–Kier alpha value is -1.27. The number of rotatable bonds is 9. The number of hydrogen-bond donors (Lipinski definition) is 18. The van der Waals surface area contributed by atoms with Gasteiger partial charge in [0.05, 0.1) is 39.6 Å². The Morgan fingerprint density at radius 3 is 0.775 bits per heavy atom. The fourth-order valence-corrected chi connectivity index (χ4v) is 9.71. The van der Waals surface area contributed by atoms with Crippen LogP contribution in [0.3, 0.4) is 0 Å². The van der Waals surface area contributed by atoms with Gasteiger partial charge in [0, 0.05) is 0 Å². The second-order valence-electron chi connectivity index (χ2n) is 17.9. The van der Waals surface area contributed by atoms with E-state index in [1.54, 1.807) is 6.92 Å². The van der Waals surface area contributed by atoms with E-state index in [0.29, 0.717) is 6.42 Å². The van der Waals surface area contributed by atoms with Crippen molar-refractivity contribution in [3.63, 3.8) is 0 Å². The normalized spacial score (nSPS) is 52.5.